The third-order valence-electron chi connectivity index (χ3n) is 6.24. The highest BCUT2D eigenvalue weighted by molar-refractivity contribution is 7.99. The van der Waals surface area contributed by atoms with Gasteiger partial charge < -0.3 is 25.0 Å². The molecule has 184 valence electrons. The molecular weight excluding hydrogens is 470 g/mol. The van der Waals surface area contributed by atoms with Crippen LogP contribution in [0.1, 0.15) is 17.0 Å². The molecule has 0 bridgehead atoms. The first kappa shape index (κ1) is 24.6. The third-order valence-corrected chi connectivity index (χ3v) is 7.19. The number of aliphatic carboxylic acids is 1. The summed E-state index contributed by atoms with van der Waals surface area (Å²) < 4.78 is 5.48. The van der Waals surface area contributed by atoms with Crippen molar-refractivity contribution in [2.24, 2.45) is 0 Å². The first-order valence-corrected chi connectivity index (χ1v) is 12.4. The lowest BCUT2D eigenvalue weighted by Gasteiger charge is -2.37. The molecule has 1 aliphatic heterocycles. The number of ether oxygens (including phenoxy) is 1. The standard InChI is InChI=1S/C25H27N3O6S/c1-27-12-21(24(31)32)28(13-22(27)29)23(30)15-35-11-10-26-25(33)34-14-20-18-8-4-2-6-16(18)17-7-3-5-9-19(17)20/h2-9,20-21H,10-15H2,1H3,(H,26,33)(H,31,32). The van der Waals surface area contributed by atoms with Crippen LogP contribution in [0.4, 0.5) is 4.79 Å². The van der Waals surface area contributed by atoms with Crippen LogP contribution in [0.5, 0.6) is 0 Å². The van der Waals surface area contributed by atoms with Gasteiger partial charge in [-0.15, -0.1) is 0 Å². The average molecular weight is 498 g/mol. The fourth-order valence-electron chi connectivity index (χ4n) is 4.43. The van der Waals surface area contributed by atoms with Crippen LogP contribution < -0.4 is 5.32 Å². The van der Waals surface area contributed by atoms with E-state index in [4.69, 9.17) is 4.74 Å². The Labute approximate surface area is 207 Å². The van der Waals surface area contributed by atoms with E-state index in [0.717, 1.165) is 27.2 Å². The van der Waals surface area contributed by atoms with Crippen molar-refractivity contribution < 1.29 is 29.0 Å². The van der Waals surface area contributed by atoms with Gasteiger partial charge in [0.1, 0.15) is 19.2 Å². The first-order valence-electron chi connectivity index (χ1n) is 11.3. The van der Waals surface area contributed by atoms with Crippen molar-refractivity contribution in [3.63, 3.8) is 0 Å². The minimum absolute atomic E-state index is 0.0198. The average Bonchev–Trinajstić information content (AvgIpc) is 3.17. The normalized spacial score (nSPS) is 17.1. The smallest absolute Gasteiger partial charge is 0.407 e. The van der Waals surface area contributed by atoms with Gasteiger partial charge >= 0.3 is 12.1 Å². The summed E-state index contributed by atoms with van der Waals surface area (Å²) in [4.78, 5) is 50.5. The van der Waals surface area contributed by atoms with E-state index in [1.807, 2.05) is 24.3 Å². The van der Waals surface area contributed by atoms with E-state index < -0.39 is 24.0 Å². The summed E-state index contributed by atoms with van der Waals surface area (Å²) in [6, 6.07) is 15.2. The molecule has 1 saturated heterocycles. The number of nitrogens with zero attached hydrogens (tertiary/aromatic N) is 2. The minimum Gasteiger partial charge on any atom is -0.480 e. The molecule has 0 radical (unpaired) electrons. The van der Waals surface area contributed by atoms with Crippen LogP contribution in [0.15, 0.2) is 48.5 Å². The summed E-state index contributed by atoms with van der Waals surface area (Å²) in [7, 11) is 1.52. The largest absolute Gasteiger partial charge is 0.480 e. The van der Waals surface area contributed by atoms with Crippen molar-refractivity contribution >= 4 is 35.6 Å². The molecule has 2 aromatic carbocycles. The Morgan fingerprint density at radius 2 is 1.71 bits per heavy atom. The van der Waals surface area contributed by atoms with Crippen molar-refractivity contribution in [1.29, 1.82) is 0 Å². The van der Waals surface area contributed by atoms with Crippen LogP contribution >= 0.6 is 11.8 Å². The topological polar surface area (TPSA) is 116 Å². The summed E-state index contributed by atoms with van der Waals surface area (Å²) in [6.45, 7) is 0.233. The number of likely N-dealkylation sites (N-methyl/N-ethyl adjacent to an activating group) is 1. The van der Waals surface area contributed by atoms with Gasteiger partial charge in [0.15, 0.2) is 0 Å². The summed E-state index contributed by atoms with van der Waals surface area (Å²) >= 11 is 1.26. The monoisotopic (exact) mass is 497 g/mol. The number of carboxylic acid groups (broad SMARTS) is 1. The van der Waals surface area contributed by atoms with Gasteiger partial charge in [0, 0.05) is 25.3 Å². The number of carbonyl (C=O) groups is 4. The van der Waals surface area contributed by atoms with Crippen molar-refractivity contribution in [2.75, 3.05) is 44.8 Å². The van der Waals surface area contributed by atoms with Crippen LogP contribution in [-0.4, -0.2) is 89.6 Å². The van der Waals surface area contributed by atoms with Crippen LogP contribution in [0.25, 0.3) is 11.1 Å². The fraction of sp³-hybridized carbons (Fsp3) is 0.360. The molecule has 0 saturated carbocycles. The first-order chi connectivity index (χ1) is 16.9. The summed E-state index contributed by atoms with van der Waals surface area (Å²) in [5.74, 6) is -1.40. The fourth-order valence-corrected chi connectivity index (χ4v) is 5.16. The number of rotatable bonds is 8. The van der Waals surface area contributed by atoms with Gasteiger partial charge in [0.05, 0.1) is 12.3 Å². The van der Waals surface area contributed by atoms with E-state index >= 15 is 0 Å². The van der Waals surface area contributed by atoms with Crippen molar-refractivity contribution in [1.82, 2.24) is 15.1 Å². The maximum Gasteiger partial charge on any atom is 0.407 e. The van der Waals surface area contributed by atoms with Gasteiger partial charge in [-0.2, -0.15) is 11.8 Å². The number of hydrogen-bond acceptors (Lipinski definition) is 6. The number of benzene rings is 2. The molecule has 2 N–H and O–H groups in total. The van der Waals surface area contributed by atoms with Gasteiger partial charge in [-0.25, -0.2) is 9.59 Å². The molecule has 1 atom stereocenters. The molecule has 0 aromatic heterocycles. The SMILES string of the molecule is CN1CC(C(=O)O)N(C(=O)CSCCNC(=O)OCC2c3ccccc3-c3ccccc32)CC1=O. The zero-order valence-electron chi connectivity index (χ0n) is 19.3. The summed E-state index contributed by atoms with van der Waals surface area (Å²) in [6.07, 6.45) is -0.533. The highest BCUT2D eigenvalue weighted by Gasteiger charge is 2.37. The molecule has 1 unspecified atom stereocenters. The van der Waals surface area contributed by atoms with Crippen LogP contribution in [0.3, 0.4) is 0 Å². The van der Waals surface area contributed by atoms with E-state index in [-0.39, 0.29) is 37.3 Å². The Morgan fingerprint density at radius 3 is 2.34 bits per heavy atom. The number of nitrogens with one attached hydrogen (secondary N) is 1. The van der Waals surface area contributed by atoms with Gasteiger partial charge in [-0.1, -0.05) is 48.5 Å². The third kappa shape index (κ3) is 5.43. The molecule has 1 fully saturated rings. The van der Waals surface area contributed by atoms with E-state index in [1.165, 1.54) is 23.7 Å². The van der Waals surface area contributed by atoms with Gasteiger partial charge in [-0.05, 0) is 22.3 Å². The summed E-state index contributed by atoms with van der Waals surface area (Å²) in [5.41, 5.74) is 4.59. The Morgan fingerprint density at radius 1 is 1.09 bits per heavy atom. The van der Waals surface area contributed by atoms with E-state index in [9.17, 15) is 24.3 Å². The zero-order chi connectivity index (χ0) is 24.9. The second-order valence-electron chi connectivity index (χ2n) is 8.45. The minimum atomic E-state index is -1.14. The highest BCUT2D eigenvalue weighted by Crippen LogP contribution is 2.44. The molecule has 3 amide bonds. The number of fused-ring (bicyclic) bond motifs is 3. The van der Waals surface area contributed by atoms with Crippen LogP contribution in [-0.2, 0) is 19.1 Å². The maximum absolute atomic E-state index is 12.5. The molecule has 9 nitrogen and oxygen atoms in total. The number of carboxylic acids is 1. The Bertz CT molecular complexity index is 1090. The quantitative estimate of drug-likeness (QED) is 0.536. The van der Waals surface area contributed by atoms with E-state index in [1.54, 1.807) is 0 Å². The number of alkyl carbamates (subject to hydrolysis) is 1. The predicted molar refractivity (Wildman–Crippen MR) is 131 cm³/mol. The number of piperazine rings is 1. The number of carbonyl (C=O) groups excluding carboxylic acids is 3. The second-order valence-corrected chi connectivity index (χ2v) is 9.56. The second kappa shape index (κ2) is 10.8. The van der Waals surface area contributed by atoms with Gasteiger partial charge in [0.2, 0.25) is 11.8 Å². The Hall–Kier alpha value is -3.53. The molecule has 1 aliphatic carbocycles. The van der Waals surface area contributed by atoms with Crippen molar-refractivity contribution in [2.45, 2.75) is 12.0 Å². The van der Waals surface area contributed by atoms with E-state index in [0.29, 0.717) is 12.3 Å². The van der Waals surface area contributed by atoms with Crippen LogP contribution in [0, 0.1) is 0 Å². The predicted octanol–water partition coefficient (Wildman–Crippen LogP) is 2.01. The molecule has 0 spiro atoms. The maximum atomic E-state index is 12.5. The van der Waals surface area contributed by atoms with Gasteiger partial charge in [-0.3, -0.25) is 9.59 Å². The number of hydrogen-bond donors (Lipinski definition) is 2. The number of thioether (sulfide) groups is 1. The van der Waals surface area contributed by atoms with Crippen LogP contribution in [0.2, 0.25) is 0 Å². The molecule has 35 heavy (non-hydrogen) atoms. The van der Waals surface area contributed by atoms with Crippen molar-refractivity contribution in [3.05, 3.63) is 59.7 Å². The lowest BCUT2D eigenvalue weighted by molar-refractivity contribution is -0.157. The molecule has 2 aromatic rings. The molecule has 10 heteroatoms. The lowest BCUT2D eigenvalue weighted by Crippen LogP contribution is -2.60. The van der Waals surface area contributed by atoms with Gasteiger partial charge in [0.25, 0.3) is 0 Å². The van der Waals surface area contributed by atoms with E-state index in [2.05, 4.69) is 29.6 Å². The molecule has 2 aliphatic rings. The molecule has 1 heterocycles. The molecule has 4 rings (SSSR count). The Kier molecular flexibility index (Phi) is 7.60. The molecular formula is C25H27N3O6S. The Balaban J connectivity index is 1.20. The highest BCUT2D eigenvalue weighted by atomic mass is 32.2. The van der Waals surface area contributed by atoms with Crippen molar-refractivity contribution in [3.8, 4) is 11.1 Å². The zero-order valence-corrected chi connectivity index (χ0v) is 20.1. The number of amides is 3. The summed E-state index contributed by atoms with van der Waals surface area (Å²) in [5, 5.41) is 12.1. The lowest BCUT2D eigenvalue weighted by atomic mass is 9.98.